The number of hydrogen-bond donors (Lipinski definition) is 2. The molecule has 2 N–H and O–H groups in total. The Balaban J connectivity index is 1.60. The van der Waals surface area contributed by atoms with Crippen LogP contribution in [0.4, 0.5) is 5.13 Å². The van der Waals surface area contributed by atoms with Gasteiger partial charge in [0.25, 0.3) is 0 Å². The monoisotopic (exact) mass is 349 g/mol. The normalized spacial score (nSPS) is 17.6. The van der Waals surface area contributed by atoms with Crippen molar-refractivity contribution in [3.05, 3.63) is 45.9 Å². The molecule has 1 aliphatic rings. The summed E-state index contributed by atoms with van der Waals surface area (Å²) in [6.07, 6.45) is 3.42. The van der Waals surface area contributed by atoms with Crippen molar-refractivity contribution in [2.75, 3.05) is 11.9 Å². The highest BCUT2D eigenvalue weighted by Crippen LogP contribution is 2.25. The number of hydrogen-bond acceptors (Lipinski definition) is 4. The van der Waals surface area contributed by atoms with E-state index in [1.807, 2.05) is 24.3 Å². The molecule has 2 aromatic rings. The molecule has 2 amide bonds. The van der Waals surface area contributed by atoms with Crippen LogP contribution in [0.15, 0.2) is 30.5 Å². The van der Waals surface area contributed by atoms with Crippen molar-refractivity contribution in [2.24, 2.45) is 5.92 Å². The topological polar surface area (TPSA) is 71.1 Å². The van der Waals surface area contributed by atoms with E-state index >= 15 is 0 Å². The Hall–Kier alpha value is -1.92. The lowest BCUT2D eigenvalue weighted by Gasteiger charge is -2.20. The number of amides is 2. The van der Waals surface area contributed by atoms with Crippen LogP contribution in [0.25, 0.3) is 0 Å². The smallest absolute Gasteiger partial charge is 0.231 e. The van der Waals surface area contributed by atoms with Gasteiger partial charge in [-0.3, -0.25) is 9.59 Å². The highest BCUT2D eigenvalue weighted by atomic mass is 35.5. The maximum absolute atomic E-state index is 12.2. The summed E-state index contributed by atoms with van der Waals surface area (Å²) in [5.41, 5.74) is 1.03. The lowest BCUT2D eigenvalue weighted by Crippen LogP contribution is -2.40. The minimum absolute atomic E-state index is 0.00493. The van der Waals surface area contributed by atoms with Gasteiger partial charge in [-0.15, -0.1) is 11.3 Å². The summed E-state index contributed by atoms with van der Waals surface area (Å²) in [5, 5.41) is 6.85. The molecule has 2 heterocycles. The summed E-state index contributed by atoms with van der Waals surface area (Å²) < 4.78 is 0. The van der Waals surface area contributed by atoms with E-state index in [0.717, 1.165) is 15.5 Å². The van der Waals surface area contributed by atoms with Gasteiger partial charge in [0.05, 0.1) is 5.92 Å². The molecule has 0 bridgehead atoms. The first-order valence-electron chi connectivity index (χ1n) is 7.37. The van der Waals surface area contributed by atoms with E-state index in [2.05, 4.69) is 15.6 Å². The lowest BCUT2D eigenvalue weighted by molar-refractivity contribution is -0.126. The first-order valence-corrected chi connectivity index (χ1v) is 8.57. The molecule has 1 aromatic carbocycles. The molecule has 23 heavy (non-hydrogen) atoms. The van der Waals surface area contributed by atoms with E-state index in [0.29, 0.717) is 30.9 Å². The molecule has 5 nitrogen and oxygen atoms in total. The van der Waals surface area contributed by atoms with Gasteiger partial charge in [-0.1, -0.05) is 29.8 Å². The van der Waals surface area contributed by atoms with Gasteiger partial charge in [0.2, 0.25) is 11.8 Å². The number of carbonyl (C=O) groups excluding carboxylic acids is 2. The third-order valence-corrected chi connectivity index (χ3v) is 5.02. The minimum atomic E-state index is -0.191. The second kappa shape index (κ2) is 7.10. The minimum Gasteiger partial charge on any atom is -0.355 e. The average molecular weight is 350 g/mol. The van der Waals surface area contributed by atoms with E-state index in [1.54, 1.807) is 6.20 Å². The van der Waals surface area contributed by atoms with Crippen molar-refractivity contribution < 1.29 is 9.59 Å². The van der Waals surface area contributed by atoms with E-state index in [4.69, 9.17) is 11.6 Å². The zero-order valence-corrected chi connectivity index (χ0v) is 13.9. The van der Waals surface area contributed by atoms with Crippen LogP contribution in [0.3, 0.4) is 0 Å². The summed E-state index contributed by atoms with van der Waals surface area (Å²) in [6.45, 7) is 0.391. The van der Waals surface area contributed by atoms with Gasteiger partial charge >= 0.3 is 0 Å². The van der Waals surface area contributed by atoms with Crippen molar-refractivity contribution in [2.45, 2.75) is 19.3 Å². The molecule has 1 saturated heterocycles. The summed E-state index contributed by atoms with van der Waals surface area (Å²) >= 11 is 7.60. The number of benzene rings is 1. The van der Waals surface area contributed by atoms with E-state index in [9.17, 15) is 9.59 Å². The van der Waals surface area contributed by atoms with Crippen molar-refractivity contribution >= 4 is 39.9 Å². The first-order chi connectivity index (χ1) is 11.1. The average Bonchev–Trinajstić information content (AvgIpc) is 2.97. The fourth-order valence-corrected chi connectivity index (χ4v) is 3.48. The maximum Gasteiger partial charge on any atom is 0.231 e. The molecular weight excluding hydrogens is 334 g/mol. The van der Waals surface area contributed by atoms with Crippen LogP contribution in [0.1, 0.15) is 23.3 Å². The highest BCUT2D eigenvalue weighted by Gasteiger charge is 2.25. The molecule has 1 fully saturated rings. The SMILES string of the molecule is O=C1CCC(C(=O)Nc2ncc(Cc3ccccc3Cl)s2)CN1. The predicted octanol–water partition coefficient (Wildman–Crippen LogP) is 2.85. The van der Waals surface area contributed by atoms with Crippen LogP contribution in [0.5, 0.6) is 0 Å². The number of nitrogens with zero attached hydrogens (tertiary/aromatic N) is 1. The van der Waals surface area contributed by atoms with Crippen LogP contribution < -0.4 is 10.6 Å². The fourth-order valence-electron chi connectivity index (χ4n) is 2.44. The van der Waals surface area contributed by atoms with Gasteiger partial charge in [-0.05, 0) is 18.1 Å². The quantitative estimate of drug-likeness (QED) is 0.891. The number of rotatable bonds is 4. The molecule has 1 unspecified atom stereocenters. The van der Waals surface area contributed by atoms with Crippen molar-refractivity contribution in [3.63, 3.8) is 0 Å². The van der Waals surface area contributed by atoms with Crippen LogP contribution in [-0.2, 0) is 16.0 Å². The molecule has 0 radical (unpaired) electrons. The number of anilines is 1. The Kier molecular flexibility index (Phi) is 4.93. The zero-order chi connectivity index (χ0) is 16.2. The molecule has 0 saturated carbocycles. The highest BCUT2D eigenvalue weighted by molar-refractivity contribution is 7.15. The molecule has 1 aliphatic heterocycles. The van der Waals surface area contributed by atoms with Crippen LogP contribution in [0, 0.1) is 5.92 Å². The maximum atomic E-state index is 12.2. The Bertz CT molecular complexity index is 722. The molecule has 7 heteroatoms. The number of thiazole rings is 1. The molecular formula is C16H16ClN3O2S. The van der Waals surface area contributed by atoms with Crippen LogP contribution in [-0.4, -0.2) is 23.3 Å². The van der Waals surface area contributed by atoms with Gasteiger partial charge in [0, 0.05) is 35.5 Å². The summed E-state index contributed by atoms with van der Waals surface area (Å²) in [7, 11) is 0. The Morgan fingerprint density at radius 3 is 3.00 bits per heavy atom. The number of piperidine rings is 1. The summed E-state index contributed by atoms with van der Waals surface area (Å²) in [6, 6.07) is 7.68. The van der Waals surface area contributed by atoms with Gasteiger partial charge in [0.1, 0.15) is 0 Å². The van der Waals surface area contributed by atoms with Crippen LogP contribution >= 0.6 is 22.9 Å². The number of halogens is 1. The van der Waals surface area contributed by atoms with Crippen molar-refractivity contribution in [1.29, 1.82) is 0 Å². The van der Waals surface area contributed by atoms with Crippen LogP contribution in [0.2, 0.25) is 5.02 Å². The molecule has 0 aliphatic carbocycles. The van der Waals surface area contributed by atoms with E-state index in [1.165, 1.54) is 11.3 Å². The first kappa shape index (κ1) is 16.0. The number of carbonyl (C=O) groups is 2. The third kappa shape index (κ3) is 4.09. The Labute approximate surface area is 143 Å². The molecule has 120 valence electrons. The third-order valence-electron chi connectivity index (χ3n) is 3.74. The van der Waals surface area contributed by atoms with Gasteiger partial charge in [-0.2, -0.15) is 0 Å². The Morgan fingerprint density at radius 2 is 2.26 bits per heavy atom. The second-order valence-corrected chi connectivity index (χ2v) is 6.95. The van der Waals surface area contributed by atoms with Crippen molar-refractivity contribution in [1.82, 2.24) is 10.3 Å². The van der Waals surface area contributed by atoms with Gasteiger partial charge < -0.3 is 10.6 Å². The van der Waals surface area contributed by atoms with Crippen molar-refractivity contribution in [3.8, 4) is 0 Å². The Morgan fingerprint density at radius 1 is 1.43 bits per heavy atom. The zero-order valence-electron chi connectivity index (χ0n) is 12.3. The van der Waals surface area contributed by atoms with Gasteiger partial charge in [-0.25, -0.2) is 4.98 Å². The summed E-state index contributed by atoms with van der Waals surface area (Å²) in [4.78, 5) is 28.6. The molecule has 3 rings (SSSR count). The van der Waals surface area contributed by atoms with E-state index < -0.39 is 0 Å². The largest absolute Gasteiger partial charge is 0.355 e. The standard InChI is InChI=1S/C16H16ClN3O2S/c17-13-4-2-1-3-10(13)7-12-9-19-16(23-12)20-15(22)11-5-6-14(21)18-8-11/h1-4,9,11H,5-8H2,(H,18,21)(H,19,20,22). The predicted molar refractivity (Wildman–Crippen MR) is 90.7 cm³/mol. The van der Waals surface area contributed by atoms with Gasteiger partial charge in [0.15, 0.2) is 5.13 Å². The number of nitrogens with one attached hydrogen (secondary N) is 2. The van der Waals surface area contributed by atoms with E-state index in [-0.39, 0.29) is 17.7 Å². The fraction of sp³-hybridized carbons (Fsp3) is 0.312. The number of aromatic nitrogens is 1. The molecule has 0 spiro atoms. The molecule has 1 aromatic heterocycles. The molecule has 1 atom stereocenters. The summed E-state index contributed by atoms with van der Waals surface area (Å²) in [5.74, 6) is -0.280. The second-order valence-electron chi connectivity index (χ2n) is 5.43. The lowest BCUT2D eigenvalue weighted by atomic mass is 9.98.